The van der Waals surface area contributed by atoms with E-state index in [4.69, 9.17) is 5.84 Å². The number of hydrogen-bond acceptors (Lipinski definition) is 4. The van der Waals surface area contributed by atoms with Crippen molar-refractivity contribution in [2.24, 2.45) is 5.84 Å². The molecule has 1 fully saturated rings. The Kier molecular flexibility index (Phi) is 5.16. The second-order valence-electron chi connectivity index (χ2n) is 4.11. The minimum Gasteiger partial charge on any atom is -0.271 e. The summed E-state index contributed by atoms with van der Waals surface area (Å²) in [5, 5.41) is 2.82. The molecule has 5 heteroatoms. The molecule has 1 aliphatic rings. The van der Waals surface area contributed by atoms with E-state index in [1.54, 1.807) is 11.3 Å². The highest BCUT2D eigenvalue weighted by molar-refractivity contribution is 9.10. The summed E-state index contributed by atoms with van der Waals surface area (Å²) >= 11 is 7.37. The lowest BCUT2D eigenvalue weighted by molar-refractivity contribution is 0.474. The Bertz CT molecular complexity index is 324. The van der Waals surface area contributed by atoms with Crippen LogP contribution < -0.4 is 11.3 Å². The molecule has 1 saturated heterocycles. The fraction of sp³-hybridized carbons (Fsp3) is 0.636. The van der Waals surface area contributed by atoms with Gasteiger partial charge in [-0.05, 0) is 47.0 Å². The van der Waals surface area contributed by atoms with Crippen LogP contribution in [0.4, 0.5) is 0 Å². The van der Waals surface area contributed by atoms with E-state index >= 15 is 0 Å². The molecule has 90 valence electrons. The van der Waals surface area contributed by atoms with Crippen LogP contribution in [0.25, 0.3) is 0 Å². The monoisotopic (exact) mass is 320 g/mol. The molecule has 0 saturated carbocycles. The van der Waals surface area contributed by atoms with Crippen LogP contribution in [-0.4, -0.2) is 17.0 Å². The Morgan fingerprint density at radius 2 is 2.44 bits per heavy atom. The van der Waals surface area contributed by atoms with Gasteiger partial charge < -0.3 is 0 Å². The van der Waals surface area contributed by atoms with E-state index in [1.165, 1.54) is 34.4 Å². The maximum absolute atomic E-state index is 5.69. The molecule has 0 aromatic carbocycles. The second-order valence-corrected chi connectivity index (χ2v) is 7.37. The minimum absolute atomic E-state index is 0.413. The fourth-order valence-electron chi connectivity index (χ4n) is 2.06. The summed E-state index contributed by atoms with van der Waals surface area (Å²) < 4.78 is 1.18. The lowest BCUT2D eigenvalue weighted by Gasteiger charge is -2.29. The van der Waals surface area contributed by atoms with Gasteiger partial charge in [0.15, 0.2) is 0 Å². The fourth-order valence-corrected chi connectivity index (χ4v) is 4.98. The summed E-state index contributed by atoms with van der Waals surface area (Å²) in [7, 11) is 0. The molecular weight excluding hydrogens is 304 g/mol. The molecule has 0 amide bonds. The molecule has 0 aliphatic carbocycles. The first-order valence-electron chi connectivity index (χ1n) is 5.60. The molecule has 16 heavy (non-hydrogen) atoms. The summed E-state index contributed by atoms with van der Waals surface area (Å²) in [5.74, 6) is 6.98. The maximum Gasteiger partial charge on any atom is 0.0377 e. The molecule has 0 bridgehead atoms. The Morgan fingerprint density at radius 3 is 3.00 bits per heavy atom. The number of hydrazine groups is 1. The third kappa shape index (κ3) is 3.47. The van der Waals surface area contributed by atoms with Crippen molar-refractivity contribution < 1.29 is 0 Å². The molecule has 1 aromatic rings. The quantitative estimate of drug-likeness (QED) is 0.661. The van der Waals surface area contributed by atoms with Gasteiger partial charge in [0, 0.05) is 26.0 Å². The van der Waals surface area contributed by atoms with Gasteiger partial charge in [-0.3, -0.25) is 11.3 Å². The zero-order valence-corrected chi connectivity index (χ0v) is 12.3. The second kappa shape index (κ2) is 6.40. The summed E-state index contributed by atoms with van der Waals surface area (Å²) in [6.45, 7) is 0. The van der Waals surface area contributed by atoms with Crippen molar-refractivity contribution >= 4 is 39.0 Å². The van der Waals surface area contributed by atoms with Gasteiger partial charge in [0.25, 0.3) is 0 Å². The third-order valence-electron chi connectivity index (χ3n) is 2.92. The zero-order chi connectivity index (χ0) is 11.4. The van der Waals surface area contributed by atoms with Crippen LogP contribution >= 0.6 is 39.0 Å². The predicted molar refractivity (Wildman–Crippen MR) is 76.9 cm³/mol. The third-order valence-corrected chi connectivity index (χ3v) is 6.16. The zero-order valence-electron chi connectivity index (χ0n) is 9.12. The summed E-state index contributed by atoms with van der Waals surface area (Å²) in [6, 6.07) is 2.61. The van der Waals surface area contributed by atoms with Gasteiger partial charge in [-0.2, -0.15) is 11.8 Å². The number of halogens is 1. The highest BCUT2D eigenvalue weighted by Gasteiger charge is 2.23. The molecule has 1 aliphatic heterocycles. The number of rotatable bonds is 4. The number of nitrogens with two attached hydrogens (primary N) is 1. The van der Waals surface area contributed by atoms with Gasteiger partial charge in [-0.15, -0.1) is 11.3 Å². The van der Waals surface area contributed by atoms with Gasteiger partial charge in [0.1, 0.15) is 0 Å². The molecule has 2 atom stereocenters. The number of thiophene rings is 1. The molecule has 0 radical (unpaired) electrons. The van der Waals surface area contributed by atoms with Crippen LogP contribution in [0.5, 0.6) is 0 Å². The van der Waals surface area contributed by atoms with Gasteiger partial charge in [-0.25, -0.2) is 0 Å². The van der Waals surface area contributed by atoms with E-state index in [-0.39, 0.29) is 0 Å². The molecule has 1 aromatic heterocycles. The van der Waals surface area contributed by atoms with Crippen molar-refractivity contribution in [3.8, 4) is 0 Å². The Hall–Kier alpha value is 0.450. The highest BCUT2D eigenvalue weighted by atomic mass is 79.9. The van der Waals surface area contributed by atoms with Crippen LogP contribution in [0.1, 0.15) is 24.1 Å². The van der Waals surface area contributed by atoms with Gasteiger partial charge in [0.05, 0.1) is 0 Å². The van der Waals surface area contributed by atoms with Crippen LogP contribution in [0.3, 0.4) is 0 Å². The molecule has 2 nitrogen and oxygen atoms in total. The van der Waals surface area contributed by atoms with E-state index in [0.29, 0.717) is 11.3 Å². The van der Waals surface area contributed by atoms with E-state index in [1.807, 2.05) is 0 Å². The summed E-state index contributed by atoms with van der Waals surface area (Å²) in [6.07, 6.45) is 5.06. The molecule has 2 unspecified atom stereocenters. The lowest BCUT2D eigenvalue weighted by atomic mass is 10.0. The SMILES string of the molecule is NNC(Cc1cc(Br)cs1)C1CCCCS1. The topological polar surface area (TPSA) is 38.0 Å². The Balaban J connectivity index is 1.94. The van der Waals surface area contributed by atoms with Crippen molar-refractivity contribution in [1.82, 2.24) is 5.43 Å². The average molecular weight is 321 g/mol. The standard InChI is InChI=1S/C11H17BrN2S2/c12-8-5-9(16-7-8)6-10(14-13)11-3-1-2-4-15-11/h5,7,10-11,14H,1-4,6,13H2. The molecular formula is C11H17BrN2S2. The first-order chi connectivity index (χ1) is 7.79. The molecule has 3 N–H and O–H groups in total. The molecule has 2 rings (SSSR count). The lowest BCUT2D eigenvalue weighted by Crippen LogP contribution is -2.44. The highest BCUT2D eigenvalue weighted by Crippen LogP contribution is 2.30. The summed E-state index contributed by atoms with van der Waals surface area (Å²) in [5.41, 5.74) is 3.00. The Labute approximate surface area is 113 Å². The van der Waals surface area contributed by atoms with Crippen LogP contribution in [0.15, 0.2) is 15.9 Å². The number of nitrogens with one attached hydrogen (secondary N) is 1. The largest absolute Gasteiger partial charge is 0.271 e. The van der Waals surface area contributed by atoms with Crippen molar-refractivity contribution in [3.63, 3.8) is 0 Å². The van der Waals surface area contributed by atoms with Gasteiger partial charge >= 0.3 is 0 Å². The van der Waals surface area contributed by atoms with Crippen LogP contribution in [0, 0.1) is 0 Å². The Morgan fingerprint density at radius 1 is 1.56 bits per heavy atom. The van der Waals surface area contributed by atoms with Gasteiger partial charge in [-0.1, -0.05) is 6.42 Å². The smallest absolute Gasteiger partial charge is 0.0377 e. The summed E-state index contributed by atoms with van der Waals surface area (Å²) in [4.78, 5) is 1.40. The molecule has 0 spiro atoms. The van der Waals surface area contributed by atoms with E-state index in [0.717, 1.165) is 6.42 Å². The van der Waals surface area contributed by atoms with E-state index in [2.05, 4.69) is 44.6 Å². The van der Waals surface area contributed by atoms with Crippen molar-refractivity contribution in [1.29, 1.82) is 0 Å². The van der Waals surface area contributed by atoms with Crippen molar-refractivity contribution in [2.75, 3.05) is 5.75 Å². The van der Waals surface area contributed by atoms with E-state index < -0.39 is 0 Å². The maximum atomic E-state index is 5.69. The van der Waals surface area contributed by atoms with E-state index in [9.17, 15) is 0 Å². The minimum atomic E-state index is 0.413. The average Bonchev–Trinajstić information content (AvgIpc) is 2.73. The number of thioether (sulfide) groups is 1. The van der Waals surface area contributed by atoms with Crippen LogP contribution in [-0.2, 0) is 6.42 Å². The first-order valence-corrected chi connectivity index (χ1v) is 8.32. The van der Waals surface area contributed by atoms with Crippen LogP contribution in [0.2, 0.25) is 0 Å². The van der Waals surface area contributed by atoms with Gasteiger partial charge in [0.2, 0.25) is 0 Å². The normalized spacial score (nSPS) is 23.2. The van der Waals surface area contributed by atoms with Crippen molar-refractivity contribution in [2.45, 2.75) is 37.0 Å². The number of hydrogen-bond donors (Lipinski definition) is 2. The molecule has 2 heterocycles. The van der Waals surface area contributed by atoms with Crippen molar-refractivity contribution in [3.05, 3.63) is 20.8 Å². The predicted octanol–water partition coefficient (Wildman–Crippen LogP) is 3.17. The first kappa shape index (κ1) is 12.9.